The first-order valence-corrected chi connectivity index (χ1v) is 8.79. The lowest BCUT2D eigenvalue weighted by Gasteiger charge is -2.05. The second-order valence-electron chi connectivity index (χ2n) is 5.14. The summed E-state index contributed by atoms with van der Waals surface area (Å²) in [5.74, 6) is -0.235. The summed E-state index contributed by atoms with van der Waals surface area (Å²) in [5, 5.41) is 0. The molecule has 0 aliphatic rings. The third-order valence-electron chi connectivity index (χ3n) is 3.13. The van der Waals surface area contributed by atoms with Crippen LogP contribution < -0.4 is 4.74 Å². The number of fused-ring (bicyclic) bond motifs is 1. The fraction of sp³-hybridized carbons (Fsp3) is 0.125. The molecular formula is C16H13NO5S. The fourth-order valence-electron chi connectivity index (χ4n) is 2.11. The average molecular weight is 331 g/mol. The summed E-state index contributed by atoms with van der Waals surface area (Å²) in [4.78, 5) is 16.1. The Morgan fingerprint density at radius 2 is 1.91 bits per heavy atom. The molecule has 0 spiro atoms. The van der Waals surface area contributed by atoms with Gasteiger partial charge in [-0.15, -0.1) is 0 Å². The highest BCUT2D eigenvalue weighted by atomic mass is 32.2. The van der Waals surface area contributed by atoms with Gasteiger partial charge in [-0.25, -0.2) is 18.2 Å². The van der Waals surface area contributed by atoms with Gasteiger partial charge >= 0.3 is 5.97 Å². The van der Waals surface area contributed by atoms with Crippen LogP contribution in [0.1, 0.15) is 15.9 Å². The van der Waals surface area contributed by atoms with Crippen molar-refractivity contribution in [3.05, 3.63) is 60.0 Å². The molecule has 3 rings (SSSR count). The maximum absolute atomic E-state index is 12.1. The third kappa shape index (κ3) is 3.75. The maximum atomic E-state index is 12.1. The van der Waals surface area contributed by atoms with Crippen molar-refractivity contribution >= 4 is 26.9 Å². The van der Waals surface area contributed by atoms with Crippen LogP contribution in [0.5, 0.6) is 5.75 Å². The number of rotatable bonds is 4. The normalized spacial score (nSPS) is 11.5. The van der Waals surface area contributed by atoms with Crippen LogP contribution >= 0.6 is 0 Å². The molecule has 1 aromatic heterocycles. The number of sulfone groups is 1. The number of hydrogen-bond acceptors (Lipinski definition) is 6. The van der Waals surface area contributed by atoms with Crippen LogP contribution in [-0.4, -0.2) is 25.6 Å². The van der Waals surface area contributed by atoms with E-state index >= 15 is 0 Å². The third-order valence-corrected chi connectivity index (χ3v) is 3.99. The van der Waals surface area contributed by atoms with Gasteiger partial charge in [0.05, 0.1) is 11.3 Å². The van der Waals surface area contributed by atoms with Crippen molar-refractivity contribution < 1.29 is 22.4 Å². The van der Waals surface area contributed by atoms with E-state index in [0.29, 0.717) is 28.0 Å². The minimum atomic E-state index is -3.11. The van der Waals surface area contributed by atoms with E-state index < -0.39 is 15.8 Å². The summed E-state index contributed by atoms with van der Waals surface area (Å²) in [6.07, 6.45) is 2.48. The van der Waals surface area contributed by atoms with E-state index in [1.165, 1.54) is 18.5 Å². The summed E-state index contributed by atoms with van der Waals surface area (Å²) in [7, 11) is -3.11. The lowest BCUT2D eigenvalue weighted by atomic mass is 10.1. The van der Waals surface area contributed by atoms with Gasteiger partial charge in [-0.1, -0.05) is 12.1 Å². The summed E-state index contributed by atoms with van der Waals surface area (Å²) < 4.78 is 32.9. The van der Waals surface area contributed by atoms with E-state index in [2.05, 4.69) is 4.98 Å². The predicted molar refractivity (Wildman–Crippen MR) is 84.0 cm³/mol. The smallest absolute Gasteiger partial charge is 0.343 e. The van der Waals surface area contributed by atoms with E-state index in [4.69, 9.17) is 9.15 Å². The first-order chi connectivity index (χ1) is 10.9. The molecule has 0 radical (unpaired) electrons. The summed E-state index contributed by atoms with van der Waals surface area (Å²) in [5.41, 5.74) is 2.16. The van der Waals surface area contributed by atoms with Crippen molar-refractivity contribution in [3.63, 3.8) is 0 Å². The van der Waals surface area contributed by atoms with Gasteiger partial charge in [-0.05, 0) is 29.8 Å². The molecule has 0 saturated heterocycles. The Bertz CT molecular complexity index is 958. The van der Waals surface area contributed by atoms with Gasteiger partial charge in [0.15, 0.2) is 21.8 Å². The van der Waals surface area contributed by atoms with Crippen LogP contribution in [0.2, 0.25) is 0 Å². The van der Waals surface area contributed by atoms with Gasteiger partial charge in [-0.2, -0.15) is 0 Å². The zero-order valence-electron chi connectivity index (χ0n) is 12.2. The SMILES string of the molecule is CS(=O)(=O)Cc1ccc(C(=O)Oc2ccc3ocnc3c2)cc1. The van der Waals surface area contributed by atoms with Crippen molar-refractivity contribution in [2.24, 2.45) is 0 Å². The molecule has 0 unspecified atom stereocenters. The molecular weight excluding hydrogens is 318 g/mol. The number of benzene rings is 2. The minimum absolute atomic E-state index is 0.0643. The number of carbonyl (C=O) groups excluding carboxylic acids is 1. The summed E-state index contributed by atoms with van der Waals surface area (Å²) in [6, 6.07) is 11.2. The lowest BCUT2D eigenvalue weighted by Crippen LogP contribution is -2.09. The Labute approximate surface area is 132 Å². The van der Waals surface area contributed by atoms with Crippen LogP contribution in [0.4, 0.5) is 0 Å². The van der Waals surface area contributed by atoms with Gasteiger partial charge in [0.2, 0.25) is 0 Å². The van der Waals surface area contributed by atoms with Gasteiger partial charge in [-0.3, -0.25) is 0 Å². The van der Waals surface area contributed by atoms with Crippen LogP contribution in [0.3, 0.4) is 0 Å². The molecule has 7 heteroatoms. The molecule has 0 atom stereocenters. The van der Waals surface area contributed by atoms with E-state index in [0.717, 1.165) is 6.26 Å². The van der Waals surface area contributed by atoms with E-state index in [9.17, 15) is 13.2 Å². The molecule has 0 amide bonds. The number of ether oxygens (including phenoxy) is 1. The summed E-state index contributed by atoms with van der Waals surface area (Å²) in [6.45, 7) is 0. The maximum Gasteiger partial charge on any atom is 0.343 e. The molecule has 118 valence electrons. The quantitative estimate of drug-likeness (QED) is 0.539. The molecule has 0 fully saturated rings. The van der Waals surface area contributed by atoms with Crippen LogP contribution in [0.15, 0.2) is 53.3 Å². The van der Waals surface area contributed by atoms with Crippen LogP contribution in [0.25, 0.3) is 11.1 Å². The number of nitrogens with zero attached hydrogens (tertiary/aromatic N) is 1. The Hall–Kier alpha value is -2.67. The number of carbonyl (C=O) groups is 1. The molecule has 0 bridgehead atoms. The highest BCUT2D eigenvalue weighted by Crippen LogP contribution is 2.20. The largest absolute Gasteiger partial charge is 0.443 e. The molecule has 6 nitrogen and oxygen atoms in total. The Balaban J connectivity index is 1.74. The molecule has 23 heavy (non-hydrogen) atoms. The first kappa shape index (κ1) is 15.2. The molecule has 3 aromatic rings. The van der Waals surface area contributed by atoms with Gasteiger partial charge < -0.3 is 9.15 Å². The molecule has 0 N–H and O–H groups in total. The van der Waals surface area contributed by atoms with Crippen molar-refractivity contribution in [2.45, 2.75) is 5.75 Å². The fourth-order valence-corrected chi connectivity index (χ4v) is 2.90. The number of hydrogen-bond donors (Lipinski definition) is 0. The Morgan fingerprint density at radius 1 is 1.17 bits per heavy atom. The number of aromatic nitrogens is 1. The second-order valence-corrected chi connectivity index (χ2v) is 7.28. The van der Waals surface area contributed by atoms with E-state index in [1.54, 1.807) is 30.3 Å². The highest BCUT2D eigenvalue weighted by molar-refractivity contribution is 7.89. The molecule has 2 aromatic carbocycles. The number of oxazole rings is 1. The zero-order valence-corrected chi connectivity index (χ0v) is 13.0. The lowest BCUT2D eigenvalue weighted by molar-refractivity contribution is 0.0735. The highest BCUT2D eigenvalue weighted by Gasteiger charge is 2.11. The monoisotopic (exact) mass is 331 g/mol. The first-order valence-electron chi connectivity index (χ1n) is 6.73. The van der Waals surface area contributed by atoms with Crippen LogP contribution in [-0.2, 0) is 15.6 Å². The standard InChI is InChI=1S/C16H13NO5S/c1-23(19,20)9-11-2-4-12(5-3-11)16(18)22-13-6-7-15-14(8-13)17-10-21-15/h2-8,10H,9H2,1H3. The molecule has 0 aliphatic heterocycles. The zero-order chi connectivity index (χ0) is 16.4. The molecule has 1 heterocycles. The van der Waals surface area contributed by atoms with Gasteiger partial charge in [0.25, 0.3) is 0 Å². The second kappa shape index (κ2) is 5.85. The van der Waals surface area contributed by atoms with Crippen LogP contribution in [0, 0.1) is 0 Å². The topological polar surface area (TPSA) is 86.5 Å². The summed E-state index contributed by atoms with van der Waals surface area (Å²) >= 11 is 0. The Kier molecular flexibility index (Phi) is 3.87. The minimum Gasteiger partial charge on any atom is -0.443 e. The van der Waals surface area contributed by atoms with E-state index in [1.807, 2.05) is 0 Å². The van der Waals surface area contributed by atoms with Crippen molar-refractivity contribution in [1.82, 2.24) is 4.98 Å². The van der Waals surface area contributed by atoms with E-state index in [-0.39, 0.29) is 5.75 Å². The van der Waals surface area contributed by atoms with Crippen molar-refractivity contribution in [3.8, 4) is 5.75 Å². The van der Waals surface area contributed by atoms with Gasteiger partial charge in [0, 0.05) is 12.3 Å². The Morgan fingerprint density at radius 3 is 2.61 bits per heavy atom. The van der Waals surface area contributed by atoms with Crippen molar-refractivity contribution in [2.75, 3.05) is 6.26 Å². The molecule has 0 aliphatic carbocycles. The van der Waals surface area contributed by atoms with Gasteiger partial charge in [0.1, 0.15) is 11.3 Å². The predicted octanol–water partition coefficient (Wildman–Crippen LogP) is 2.59. The van der Waals surface area contributed by atoms with Crippen molar-refractivity contribution in [1.29, 1.82) is 0 Å². The average Bonchev–Trinajstić information content (AvgIpc) is 2.94. The number of esters is 1. The molecule has 0 saturated carbocycles.